The predicted molar refractivity (Wildman–Crippen MR) is 106 cm³/mol. The molecule has 2 aromatic carbocycles. The monoisotopic (exact) mass is 382 g/mol. The molecule has 1 aliphatic heterocycles. The molecule has 1 atom stereocenters. The van der Waals surface area contributed by atoms with Crippen LogP contribution < -0.4 is 10.6 Å². The maximum Gasteiger partial charge on any atom is 0.253 e. The van der Waals surface area contributed by atoms with E-state index in [4.69, 9.17) is 4.74 Å². The number of carbonyl (C=O) groups is 2. The zero-order valence-corrected chi connectivity index (χ0v) is 15.7. The number of hydrogen-bond donors (Lipinski definition) is 2. The van der Waals surface area contributed by atoms with E-state index >= 15 is 0 Å². The third kappa shape index (κ3) is 5.27. The molecule has 28 heavy (non-hydrogen) atoms. The summed E-state index contributed by atoms with van der Waals surface area (Å²) in [6, 6.07) is 13.6. The minimum atomic E-state index is -0.394. The van der Waals surface area contributed by atoms with Crippen LogP contribution in [0.4, 0.5) is 10.1 Å². The maximum atomic E-state index is 13.8. The first-order chi connectivity index (χ1) is 13.5. The molecule has 0 aliphatic carbocycles. The van der Waals surface area contributed by atoms with Crippen LogP contribution in [-0.4, -0.2) is 24.5 Å². The van der Waals surface area contributed by atoms with Gasteiger partial charge in [-0.2, -0.15) is 0 Å². The first-order valence-corrected chi connectivity index (χ1v) is 9.25. The lowest BCUT2D eigenvalue weighted by Crippen LogP contribution is -2.27. The van der Waals surface area contributed by atoms with Crippen molar-refractivity contribution < 1.29 is 18.7 Å². The van der Waals surface area contributed by atoms with Gasteiger partial charge in [-0.05, 0) is 49.1 Å². The number of hydrogen-bond acceptors (Lipinski definition) is 3. The number of allylic oxidation sites excluding steroid dienone is 1. The quantitative estimate of drug-likeness (QED) is 0.749. The van der Waals surface area contributed by atoms with Crippen LogP contribution in [0.1, 0.15) is 30.9 Å². The number of amides is 2. The molecule has 1 fully saturated rings. The molecule has 0 saturated carbocycles. The smallest absolute Gasteiger partial charge is 0.253 e. The number of carbonyl (C=O) groups excluding carboxylic acids is 2. The summed E-state index contributed by atoms with van der Waals surface area (Å²) in [6.45, 7) is 2.60. The molecule has 0 bridgehead atoms. The lowest BCUT2D eigenvalue weighted by Gasteiger charge is -2.11. The fraction of sp³-hybridized carbons (Fsp3) is 0.273. The van der Waals surface area contributed by atoms with E-state index in [1.54, 1.807) is 37.3 Å². The fourth-order valence-electron chi connectivity index (χ4n) is 3.06. The van der Waals surface area contributed by atoms with Gasteiger partial charge in [-0.1, -0.05) is 30.3 Å². The molecular formula is C22H23FN2O3. The third-order valence-corrected chi connectivity index (χ3v) is 4.53. The second kappa shape index (κ2) is 9.28. The largest absolute Gasteiger partial charge is 0.368 e. The molecule has 1 saturated heterocycles. The average molecular weight is 382 g/mol. The highest BCUT2D eigenvalue weighted by atomic mass is 19.1. The summed E-state index contributed by atoms with van der Waals surface area (Å²) in [5.74, 6) is -0.824. The Bertz CT molecular complexity index is 889. The second-order valence-corrected chi connectivity index (χ2v) is 6.72. The van der Waals surface area contributed by atoms with E-state index in [0.717, 1.165) is 18.4 Å². The molecule has 5 nitrogen and oxygen atoms in total. The molecule has 0 aromatic heterocycles. The van der Waals surface area contributed by atoms with E-state index in [-0.39, 0.29) is 17.6 Å². The number of halogens is 1. The Morgan fingerprint density at radius 3 is 2.79 bits per heavy atom. The molecule has 6 heteroatoms. The second-order valence-electron chi connectivity index (χ2n) is 6.72. The van der Waals surface area contributed by atoms with Gasteiger partial charge in [0.15, 0.2) is 0 Å². The van der Waals surface area contributed by atoms with Gasteiger partial charge in [-0.25, -0.2) is 4.39 Å². The first kappa shape index (κ1) is 19.8. The fourth-order valence-corrected chi connectivity index (χ4v) is 3.06. The normalized spacial score (nSPS) is 16.6. The number of benzene rings is 2. The van der Waals surface area contributed by atoms with Gasteiger partial charge in [0.05, 0.1) is 0 Å². The average Bonchev–Trinajstić information content (AvgIpc) is 3.22. The van der Waals surface area contributed by atoms with Crippen LogP contribution >= 0.6 is 0 Å². The Hall–Kier alpha value is -2.99. The van der Waals surface area contributed by atoms with Gasteiger partial charge in [0.25, 0.3) is 5.91 Å². The Labute approximate surface area is 163 Å². The van der Waals surface area contributed by atoms with Crippen molar-refractivity contribution in [1.82, 2.24) is 5.32 Å². The van der Waals surface area contributed by atoms with E-state index in [9.17, 15) is 14.0 Å². The summed E-state index contributed by atoms with van der Waals surface area (Å²) in [6.07, 6.45) is 2.61. The minimum absolute atomic E-state index is 0.151. The van der Waals surface area contributed by atoms with Crippen molar-refractivity contribution in [3.05, 3.63) is 71.6 Å². The van der Waals surface area contributed by atoms with Crippen LogP contribution in [-0.2, 0) is 20.9 Å². The number of nitrogens with one attached hydrogen (secondary N) is 2. The first-order valence-electron chi connectivity index (χ1n) is 9.25. The minimum Gasteiger partial charge on any atom is -0.368 e. The van der Waals surface area contributed by atoms with Gasteiger partial charge >= 0.3 is 0 Å². The molecule has 0 radical (unpaired) electrons. The van der Waals surface area contributed by atoms with E-state index in [1.165, 1.54) is 12.1 Å². The molecule has 3 rings (SSSR count). The van der Waals surface area contributed by atoms with Gasteiger partial charge in [0.1, 0.15) is 11.9 Å². The summed E-state index contributed by atoms with van der Waals surface area (Å²) in [5.41, 5.74) is 2.45. The number of ether oxygens (including phenoxy) is 1. The van der Waals surface area contributed by atoms with E-state index in [1.807, 2.05) is 12.1 Å². The molecular weight excluding hydrogens is 359 g/mol. The van der Waals surface area contributed by atoms with Crippen molar-refractivity contribution >= 4 is 23.1 Å². The molecule has 146 valence electrons. The Balaban J connectivity index is 1.57. The molecule has 2 aromatic rings. The maximum absolute atomic E-state index is 13.8. The molecule has 1 aliphatic rings. The number of anilines is 1. The summed E-state index contributed by atoms with van der Waals surface area (Å²) < 4.78 is 19.2. The Morgan fingerprint density at radius 2 is 2.04 bits per heavy atom. The standard InChI is InChI=1S/C22H23FN2O3/c1-15(18-8-2-3-9-19(18)23)12-21(26)24-14-16-6-4-7-17(13-16)25-22(27)20-10-5-11-28-20/h2-4,6-9,12-13,20H,5,10-11,14H2,1H3,(H,24,26)(H,25,27). The molecule has 2 N–H and O–H groups in total. The third-order valence-electron chi connectivity index (χ3n) is 4.53. The van der Waals surface area contributed by atoms with Gasteiger partial charge in [0.2, 0.25) is 5.91 Å². The van der Waals surface area contributed by atoms with Crippen LogP contribution in [0.25, 0.3) is 5.57 Å². The van der Waals surface area contributed by atoms with E-state index < -0.39 is 6.10 Å². The number of rotatable bonds is 6. The summed E-state index contributed by atoms with van der Waals surface area (Å²) >= 11 is 0. The summed E-state index contributed by atoms with van der Waals surface area (Å²) in [5, 5.41) is 5.62. The van der Waals surface area contributed by atoms with Crippen molar-refractivity contribution in [3.63, 3.8) is 0 Å². The van der Waals surface area contributed by atoms with Crippen molar-refractivity contribution in [3.8, 4) is 0 Å². The lowest BCUT2D eigenvalue weighted by molar-refractivity contribution is -0.124. The molecule has 1 heterocycles. The summed E-state index contributed by atoms with van der Waals surface area (Å²) in [4.78, 5) is 24.3. The zero-order chi connectivity index (χ0) is 19.9. The highest BCUT2D eigenvalue weighted by Crippen LogP contribution is 2.18. The lowest BCUT2D eigenvalue weighted by atomic mass is 10.1. The van der Waals surface area contributed by atoms with Crippen LogP contribution in [0, 0.1) is 5.82 Å². The zero-order valence-electron chi connectivity index (χ0n) is 15.7. The van der Waals surface area contributed by atoms with Gasteiger partial charge in [-0.3, -0.25) is 9.59 Å². The Kier molecular flexibility index (Phi) is 6.55. The SMILES string of the molecule is CC(=CC(=O)NCc1cccc(NC(=O)C2CCCO2)c1)c1ccccc1F. The molecule has 0 spiro atoms. The van der Waals surface area contributed by atoms with Crippen molar-refractivity contribution in [2.24, 2.45) is 0 Å². The van der Waals surface area contributed by atoms with Crippen LogP contribution in [0.15, 0.2) is 54.6 Å². The highest BCUT2D eigenvalue weighted by Gasteiger charge is 2.23. The van der Waals surface area contributed by atoms with Gasteiger partial charge < -0.3 is 15.4 Å². The highest BCUT2D eigenvalue weighted by molar-refractivity contribution is 5.95. The van der Waals surface area contributed by atoms with Gasteiger partial charge in [-0.15, -0.1) is 0 Å². The Morgan fingerprint density at radius 1 is 1.21 bits per heavy atom. The summed E-state index contributed by atoms with van der Waals surface area (Å²) in [7, 11) is 0. The molecule has 1 unspecified atom stereocenters. The van der Waals surface area contributed by atoms with Gasteiger partial charge in [0, 0.05) is 30.5 Å². The molecule has 2 amide bonds. The van der Waals surface area contributed by atoms with Crippen molar-refractivity contribution in [2.75, 3.05) is 11.9 Å². The van der Waals surface area contributed by atoms with E-state index in [0.29, 0.717) is 30.0 Å². The topological polar surface area (TPSA) is 67.4 Å². The predicted octanol–water partition coefficient (Wildman–Crippen LogP) is 3.66. The van der Waals surface area contributed by atoms with Crippen LogP contribution in [0.3, 0.4) is 0 Å². The van der Waals surface area contributed by atoms with Crippen molar-refractivity contribution in [2.45, 2.75) is 32.4 Å². The van der Waals surface area contributed by atoms with E-state index in [2.05, 4.69) is 10.6 Å². The van der Waals surface area contributed by atoms with Crippen LogP contribution in [0.5, 0.6) is 0 Å². The van der Waals surface area contributed by atoms with Crippen LogP contribution in [0.2, 0.25) is 0 Å². The van der Waals surface area contributed by atoms with Crippen molar-refractivity contribution in [1.29, 1.82) is 0 Å².